The second-order valence-corrected chi connectivity index (χ2v) is 6.76. The molecule has 1 N–H and O–H groups in total. The van der Waals surface area contributed by atoms with Crippen molar-refractivity contribution in [3.05, 3.63) is 57.8 Å². The molecule has 2 rings (SSSR count). The van der Waals surface area contributed by atoms with Gasteiger partial charge in [0.25, 0.3) is 0 Å². The summed E-state index contributed by atoms with van der Waals surface area (Å²) in [7, 11) is 1.85. The highest BCUT2D eigenvalue weighted by Gasteiger charge is 2.13. The summed E-state index contributed by atoms with van der Waals surface area (Å²) in [6, 6.07) is 12.6. The Morgan fingerprint density at radius 2 is 2.00 bits per heavy atom. The molecular formula is C18H24N2OS. The van der Waals surface area contributed by atoms with Crippen molar-refractivity contribution in [3.63, 3.8) is 0 Å². The summed E-state index contributed by atoms with van der Waals surface area (Å²) in [6.07, 6.45) is 1.93. The minimum Gasteiger partial charge on any atom is -0.336 e. The summed E-state index contributed by atoms with van der Waals surface area (Å²) in [5, 5.41) is 5.14. The third-order valence-electron chi connectivity index (χ3n) is 3.77. The number of nitrogens with zero attached hydrogens (tertiary/aromatic N) is 1. The molecule has 22 heavy (non-hydrogen) atoms. The first kappa shape index (κ1) is 16.6. The number of urea groups is 1. The lowest BCUT2D eigenvalue weighted by Crippen LogP contribution is -2.41. The van der Waals surface area contributed by atoms with Crippen molar-refractivity contribution in [2.45, 2.75) is 39.3 Å². The number of carbonyl (C=O) groups excluding carboxylic acids is 1. The van der Waals surface area contributed by atoms with Gasteiger partial charge in [-0.2, -0.15) is 0 Å². The second-order valence-electron chi connectivity index (χ2n) is 5.76. The van der Waals surface area contributed by atoms with E-state index in [4.69, 9.17) is 0 Å². The smallest absolute Gasteiger partial charge is 0.317 e. The van der Waals surface area contributed by atoms with Crippen LogP contribution in [-0.4, -0.2) is 24.0 Å². The molecule has 2 amide bonds. The van der Waals surface area contributed by atoms with Gasteiger partial charge in [-0.15, -0.1) is 11.3 Å². The van der Waals surface area contributed by atoms with Crippen LogP contribution in [-0.2, 0) is 13.0 Å². The number of hydrogen-bond donors (Lipinski definition) is 1. The molecule has 0 aliphatic heterocycles. The largest absolute Gasteiger partial charge is 0.336 e. The Bertz CT molecular complexity index is 594. The lowest BCUT2D eigenvalue weighted by molar-refractivity contribution is 0.203. The normalized spacial score (nSPS) is 12.0. The van der Waals surface area contributed by atoms with Crippen LogP contribution in [0.5, 0.6) is 0 Å². The molecule has 0 fully saturated rings. The predicted molar refractivity (Wildman–Crippen MR) is 93.3 cm³/mol. The molecule has 1 unspecified atom stereocenters. The van der Waals surface area contributed by atoms with E-state index in [9.17, 15) is 4.79 Å². The summed E-state index contributed by atoms with van der Waals surface area (Å²) in [5.74, 6) is 0. The maximum atomic E-state index is 12.2. The average molecular weight is 316 g/mol. The standard InChI is InChI=1S/C18H24N2OS/c1-14-11-12-22-17(14)13-20(3)18(21)19-15(2)9-10-16-7-5-4-6-8-16/h4-8,11-12,15H,9-10,13H2,1-3H3,(H,19,21). The molecule has 118 valence electrons. The Hall–Kier alpha value is -1.81. The Morgan fingerprint density at radius 3 is 2.64 bits per heavy atom. The topological polar surface area (TPSA) is 32.3 Å². The zero-order chi connectivity index (χ0) is 15.9. The molecule has 1 aromatic carbocycles. The third kappa shape index (κ3) is 4.88. The maximum Gasteiger partial charge on any atom is 0.317 e. The monoisotopic (exact) mass is 316 g/mol. The number of aryl methyl sites for hydroxylation is 2. The van der Waals surface area contributed by atoms with Crippen molar-refractivity contribution in [1.82, 2.24) is 10.2 Å². The molecule has 0 saturated heterocycles. The Labute approximate surface area is 137 Å². The number of hydrogen-bond acceptors (Lipinski definition) is 2. The minimum atomic E-state index is -0.00615. The number of thiophene rings is 1. The number of carbonyl (C=O) groups is 1. The fraction of sp³-hybridized carbons (Fsp3) is 0.389. The quantitative estimate of drug-likeness (QED) is 0.850. The van der Waals surface area contributed by atoms with Gasteiger partial charge in [0.2, 0.25) is 0 Å². The summed E-state index contributed by atoms with van der Waals surface area (Å²) in [6.45, 7) is 4.81. The van der Waals surface area contributed by atoms with Crippen LogP contribution in [0, 0.1) is 6.92 Å². The predicted octanol–water partition coefficient (Wildman–Crippen LogP) is 4.22. The summed E-state index contributed by atoms with van der Waals surface area (Å²) >= 11 is 1.70. The van der Waals surface area contributed by atoms with Crippen LogP contribution < -0.4 is 5.32 Å². The van der Waals surface area contributed by atoms with Gasteiger partial charge in [-0.05, 0) is 49.3 Å². The molecule has 2 aromatic rings. The van der Waals surface area contributed by atoms with Gasteiger partial charge in [0.15, 0.2) is 0 Å². The first-order chi connectivity index (χ1) is 10.6. The van der Waals surface area contributed by atoms with Crippen LogP contribution in [0.4, 0.5) is 4.79 Å². The highest BCUT2D eigenvalue weighted by atomic mass is 32.1. The average Bonchev–Trinajstić information content (AvgIpc) is 2.91. The van der Waals surface area contributed by atoms with Gasteiger partial charge in [0.1, 0.15) is 0 Å². The van der Waals surface area contributed by atoms with E-state index in [2.05, 4.69) is 54.9 Å². The van der Waals surface area contributed by atoms with Crippen LogP contribution in [0.2, 0.25) is 0 Å². The lowest BCUT2D eigenvalue weighted by atomic mass is 10.1. The van der Waals surface area contributed by atoms with Gasteiger partial charge < -0.3 is 10.2 Å². The van der Waals surface area contributed by atoms with Crippen LogP contribution in [0.1, 0.15) is 29.3 Å². The van der Waals surface area contributed by atoms with E-state index in [1.54, 1.807) is 16.2 Å². The number of amides is 2. The Kier molecular flexibility index (Phi) is 6.01. The molecule has 1 aromatic heterocycles. The molecule has 0 aliphatic carbocycles. The van der Waals surface area contributed by atoms with Crippen LogP contribution in [0.3, 0.4) is 0 Å². The highest BCUT2D eigenvalue weighted by Crippen LogP contribution is 2.17. The van der Waals surface area contributed by atoms with E-state index in [0.717, 1.165) is 12.8 Å². The van der Waals surface area contributed by atoms with Crippen molar-refractivity contribution in [2.24, 2.45) is 0 Å². The zero-order valence-corrected chi connectivity index (χ0v) is 14.3. The molecule has 0 radical (unpaired) electrons. The Balaban J connectivity index is 1.77. The van der Waals surface area contributed by atoms with E-state index in [0.29, 0.717) is 6.54 Å². The highest BCUT2D eigenvalue weighted by molar-refractivity contribution is 7.10. The molecule has 0 saturated carbocycles. The van der Waals surface area contributed by atoms with Gasteiger partial charge in [0.05, 0.1) is 6.54 Å². The van der Waals surface area contributed by atoms with Gasteiger partial charge in [-0.1, -0.05) is 30.3 Å². The molecule has 0 aliphatic rings. The van der Waals surface area contributed by atoms with E-state index in [1.165, 1.54) is 16.0 Å². The van der Waals surface area contributed by atoms with E-state index in [-0.39, 0.29) is 12.1 Å². The second kappa shape index (κ2) is 7.99. The van der Waals surface area contributed by atoms with Gasteiger partial charge >= 0.3 is 6.03 Å². The minimum absolute atomic E-state index is 0.00615. The van der Waals surface area contributed by atoms with Crippen molar-refractivity contribution in [3.8, 4) is 0 Å². The van der Waals surface area contributed by atoms with E-state index >= 15 is 0 Å². The number of benzene rings is 1. The van der Waals surface area contributed by atoms with E-state index < -0.39 is 0 Å². The molecular weight excluding hydrogens is 292 g/mol. The zero-order valence-electron chi connectivity index (χ0n) is 13.5. The third-order valence-corrected chi connectivity index (χ3v) is 4.78. The fourth-order valence-corrected chi connectivity index (χ4v) is 3.23. The van der Waals surface area contributed by atoms with Crippen LogP contribution in [0.25, 0.3) is 0 Å². The van der Waals surface area contributed by atoms with Crippen molar-refractivity contribution < 1.29 is 4.79 Å². The first-order valence-corrected chi connectivity index (χ1v) is 8.52. The van der Waals surface area contributed by atoms with Crippen molar-refractivity contribution in [1.29, 1.82) is 0 Å². The molecule has 3 nitrogen and oxygen atoms in total. The molecule has 1 heterocycles. The number of rotatable bonds is 6. The molecule has 0 bridgehead atoms. The lowest BCUT2D eigenvalue weighted by Gasteiger charge is -2.21. The van der Waals surface area contributed by atoms with Gasteiger partial charge in [0, 0.05) is 18.0 Å². The Morgan fingerprint density at radius 1 is 1.27 bits per heavy atom. The van der Waals surface area contributed by atoms with Crippen LogP contribution in [0.15, 0.2) is 41.8 Å². The van der Waals surface area contributed by atoms with Crippen LogP contribution >= 0.6 is 11.3 Å². The fourth-order valence-electron chi connectivity index (χ4n) is 2.27. The maximum absolute atomic E-state index is 12.2. The summed E-state index contributed by atoms with van der Waals surface area (Å²) in [5.41, 5.74) is 2.56. The molecule has 1 atom stereocenters. The summed E-state index contributed by atoms with van der Waals surface area (Å²) < 4.78 is 0. The van der Waals surface area contributed by atoms with Crippen molar-refractivity contribution in [2.75, 3.05) is 7.05 Å². The van der Waals surface area contributed by atoms with Gasteiger partial charge in [-0.3, -0.25) is 0 Å². The van der Waals surface area contributed by atoms with Crippen molar-refractivity contribution >= 4 is 17.4 Å². The summed E-state index contributed by atoms with van der Waals surface area (Å²) in [4.78, 5) is 15.2. The van der Waals surface area contributed by atoms with E-state index in [1.807, 2.05) is 13.1 Å². The SMILES string of the molecule is Cc1ccsc1CN(C)C(=O)NC(C)CCc1ccccc1. The number of nitrogens with one attached hydrogen (secondary N) is 1. The first-order valence-electron chi connectivity index (χ1n) is 7.65. The molecule has 4 heteroatoms. The molecule has 0 spiro atoms. The van der Waals surface area contributed by atoms with Gasteiger partial charge in [-0.25, -0.2) is 4.79 Å².